The average Bonchev–Trinajstić information content (AvgIpc) is 2.92. The molecule has 0 aliphatic heterocycles. The molecular formula is C21H28N4O. The second kappa shape index (κ2) is 8.79. The second-order valence-electron chi connectivity index (χ2n) is 7.02. The van der Waals surface area contributed by atoms with E-state index in [0.29, 0.717) is 11.5 Å². The van der Waals surface area contributed by atoms with Gasteiger partial charge in [0.1, 0.15) is 0 Å². The molecule has 5 nitrogen and oxygen atoms in total. The molecule has 3 rings (SSSR count). The summed E-state index contributed by atoms with van der Waals surface area (Å²) in [5, 5.41) is 3.14. The molecule has 1 fully saturated rings. The largest absolute Gasteiger partial charge is 0.349 e. The molecular weight excluding hydrogens is 324 g/mol. The van der Waals surface area contributed by atoms with Crippen molar-refractivity contribution in [1.82, 2.24) is 15.3 Å². The van der Waals surface area contributed by atoms with Crippen molar-refractivity contribution in [2.75, 3.05) is 11.4 Å². The molecule has 0 atom stereocenters. The molecule has 0 saturated heterocycles. The van der Waals surface area contributed by atoms with Crippen LogP contribution < -0.4 is 10.2 Å². The molecule has 1 aliphatic rings. The molecule has 138 valence electrons. The predicted octanol–water partition coefficient (Wildman–Crippen LogP) is 4.40. The molecule has 1 aromatic heterocycles. The maximum absolute atomic E-state index is 12.5. The second-order valence-corrected chi connectivity index (χ2v) is 7.02. The summed E-state index contributed by atoms with van der Waals surface area (Å²) in [6, 6.07) is 8.54. The number of nitrogens with one attached hydrogen (secondary N) is 1. The fourth-order valence-electron chi connectivity index (χ4n) is 3.51. The highest BCUT2D eigenvalue weighted by Crippen LogP contribution is 2.22. The van der Waals surface area contributed by atoms with Gasteiger partial charge in [-0.1, -0.05) is 37.8 Å². The summed E-state index contributed by atoms with van der Waals surface area (Å²) in [5.41, 5.74) is 2.78. The van der Waals surface area contributed by atoms with E-state index in [2.05, 4.69) is 41.3 Å². The van der Waals surface area contributed by atoms with Crippen LogP contribution in [0.4, 0.5) is 11.6 Å². The number of nitrogens with zero attached hydrogens (tertiary/aromatic N) is 3. The third-order valence-corrected chi connectivity index (χ3v) is 4.96. The average molecular weight is 352 g/mol. The number of aryl methyl sites for hydroxylation is 1. The fraction of sp³-hybridized carbons (Fsp3) is 0.476. The van der Waals surface area contributed by atoms with Gasteiger partial charge in [-0.05, 0) is 44.4 Å². The summed E-state index contributed by atoms with van der Waals surface area (Å²) in [5.74, 6) is 0.547. The fourth-order valence-corrected chi connectivity index (χ4v) is 3.51. The van der Waals surface area contributed by atoms with E-state index in [0.717, 1.165) is 25.1 Å². The number of anilines is 2. The van der Waals surface area contributed by atoms with Crippen LogP contribution in [0.5, 0.6) is 0 Å². The van der Waals surface area contributed by atoms with Gasteiger partial charge in [-0.25, -0.2) is 9.97 Å². The van der Waals surface area contributed by atoms with Crippen LogP contribution in [0.2, 0.25) is 0 Å². The van der Waals surface area contributed by atoms with E-state index in [-0.39, 0.29) is 11.9 Å². The molecule has 1 amide bonds. The molecule has 0 spiro atoms. The van der Waals surface area contributed by atoms with Gasteiger partial charge in [0.15, 0.2) is 0 Å². The van der Waals surface area contributed by atoms with Gasteiger partial charge < -0.3 is 10.2 Å². The molecule has 5 heteroatoms. The first-order valence-corrected chi connectivity index (χ1v) is 9.64. The lowest BCUT2D eigenvalue weighted by atomic mass is 10.1. The first-order chi connectivity index (χ1) is 12.7. The summed E-state index contributed by atoms with van der Waals surface area (Å²) in [6.45, 7) is 4.90. The van der Waals surface area contributed by atoms with Gasteiger partial charge >= 0.3 is 0 Å². The monoisotopic (exact) mass is 352 g/mol. The lowest BCUT2D eigenvalue weighted by Crippen LogP contribution is -2.34. The van der Waals surface area contributed by atoms with Crippen LogP contribution in [0.3, 0.4) is 0 Å². The van der Waals surface area contributed by atoms with E-state index in [9.17, 15) is 4.79 Å². The van der Waals surface area contributed by atoms with Crippen LogP contribution in [-0.2, 0) is 0 Å². The van der Waals surface area contributed by atoms with Crippen molar-refractivity contribution in [3.63, 3.8) is 0 Å². The molecule has 0 radical (unpaired) electrons. The Labute approximate surface area is 155 Å². The SMILES string of the molecule is CCN(c1cccc(C)c1)c1ncc(C(=O)NC2CCCCCC2)cn1. The number of carbonyl (C=O) groups is 1. The summed E-state index contributed by atoms with van der Waals surface area (Å²) in [4.78, 5) is 23.4. The molecule has 1 aliphatic carbocycles. The molecule has 1 N–H and O–H groups in total. The summed E-state index contributed by atoms with van der Waals surface area (Å²) >= 11 is 0. The van der Waals surface area contributed by atoms with E-state index in [1.807, 2.05) is 17.0 Å². The topological polar surface area (TPSA) is 58.1 Å². The van der Waals surface area contributed by atoms with E-state index in [1.165, 1.54) is 31.2 Å². The van der Waals surface area contributed by atoms with Crippen molar-refractivity contribution >= 4 is 17.5 Å². The number of hydrogen-bond acceptors (Lipinski definition) is 4. The van der Waals surface area contributed by atoms with Gasteiger partial charge in [-0.15, -0.1) is 0 Å². The number of aromatic nitrogens is 2. The Morgan fingerprint density at radius 3 is 2.46 bits per heavy atom. The van der Waals surface area contributed by atoms with Crippen molar-refractivity contribution < 1.29 is 4.79 Å². The van der Waals surface area contributed by atoms with Crippen molar-refractivity contribution in [1.29, 1.82) is 0 Å². The van der Waals surface area contributed by atoms with Gasteiger partial charge in [0, 0.05) is 30.7 Å². The van der Waals surface area contributed by atoms with E-state index < -0.39 is 0 Å². The third-order valence-electron chi connectivity index (χ3n) is 4.96. The molecule has 1 aromatic carbocycles. The Morgan fingerprint density at radius 1 is 1.15 bits per heavy atom. The van der Waals surface area contributed by atoms with E-state index in [1.54, 1.807) is 12.4 Å². The summed E-state index contributed by atoms with van der Waals surface area (Å²) in [7, 11) is 0. The van der Waals surface area contributed by atoms with Gasteiger partial charge in [-0.3, -0.25) is 4.79 Å². The van der Waals surface area contributed by atoms with Crippen LogP contribution in [-0.4, -0.2) is 28.5 Å². The predicted molar refractivity (Wildman–Crippen MR) is 105 cm³/mol. The zero-order valence-corrected chi connectivity index (χ0v) is 15.7. The number of amides is 1. The van der Waals surface area contributed by atoms with Gasteiger partial charge in [0.25, 0.3) is 5.91 Å². The number of benzene rings is 1. The van der Waals surface area contributed by atoms with Crippen LogP contribution in [0.1, 0.15) is 61.4 Å². The third kappa shape index (κ3) is 4.59. The minimum absolute atomic E-state index is 0.0675. The lowest BCUT2D eigenvalue weighted by molar-refractivity contribution is 0.0932. The van der Waals surface area contributed by atoms with Gasteiger partial charge in [0.05, 0.1) is 5.56 Å². The zero-order valence-electron chi connectivity index (χ0n) is 15.7. The Bertz CT molecular complexity index is 721. The molecule has 0 bridgehead atoms. The Balaban J connectivity index is 1.69. The van der Waals surface area contributed by atoms with Crippen molar-refractivity contribution in [2.24, 2.45) is 0 Å². The Hall–Kier alpha value is -2.43. The normalized spacial score (nSPS) is 15.3. The number of rotatable bonds is 5. The molecule has 1 heterocycles. The maximum atomic E-state index is 12.5. The zero-order chi connectivity index (χ0) is 18.4. The summed E-state index contributed by atoms with van der Waals surface area (Å²) < 4.78 is 0. The standard InChI is InChI=1S/C21H28N4O/c1-3-25(19-12-8-9-16(2)13-19)21-22-14-17(15-23-21)20(26)24-18-10-6-4-5-7-11-18/h8-9,12-15,18H,3-7,10-11H2,1-2H3,(H,24,26). The molecule has 2 aromatic rings. The molecule has 26 heavy (non-hydrogen) atoms. The van der Waals surface area contributed by atoms with E-state index in [4.69, 9.17) is 0 Å². The van der Waals surface area contributed by atoms with Gasteiger partial charge in [-0.2, -0.15) is 0 Å². The van der Waals surface area contributed by atoms with Crippen molar-refractivity contribution in [2.45, 2.75) is 58.4 Å². The van der Waals surface area contributed by atoms with Crippen molar-refractivity contribution in [3.8, 4) is 0 Å². The minimum atomic E-state index is -0.0675. The maximum Gasteiger partial charge on any atom is 0.254 e. The first-order valence-electron chi connectivity index (χ1n) is 9.64. The Morgan fingerprint density at radius 2 is 1.85 bits per heavy atom. The summed E-state index contributed by atoms with van der Waals surface area (Å²) in [6.07, 6.45) is 10.3. The van der Waals surface area contributed by atoms with Crippen LogP contribution in [0.25, 0.3) is 0 Å². The van der Waals surface area contributed by atoms with Crippen LogP contribution in [0.15, 0.2) is 36.7 Å². The Kier molecular flexibility index (Phi) is 6.21. The molecule has 0 unspecified atom stereocenters. The van der Waals surface area contributed by atoms with Gasteiger partial charge in [0.2, 0.25) is 5.95 Å². The van der Waals surface area contributed by atoms with Crippen molar-refractivity contribution in [3.05, 3.63) is 47.8 Å². The quantitative estimate of drug-likeness (QED) is 0.811. The number of carbonyl (C=O) groups excluding carboxylic acids is 1. The smallest absolute Gasteiger partial charge is 0.254 e. The number of hydrogen-bond donors (Lipinski definition) is 1. The highest BCUT2D eigenvalue weighted by atomic mass is 16.1. The minimum Gasteiger partial charge on any atom is -0.349 e. The first kappa shape index (κ1) is 18.4. The highest BCUT2D eigenvalue weighted by molar-refractivity contribution is 5.93. The molecule has 1 saturated carbocycles. The van der Waals surface area contributed by atoms with Crippen LogP contribution >= 0.6 is 0 Å². The van der Waals surface area contributed by atoms with Crippen LogP contribution in [0, 0.1) is 6.92 Å². The lowest BCUT2D eigenvalue weighted by Gasteiger charge is -2.21. The van der Waals surface area contributed by atoms with E-state index >= 15 is 0 Å². The highest BCUT2D eigenvalue weighted by Gasteiger charge is 2.17.